The molecule has 1 unspecified atom stereocenters. The molecule has 0 saturated heterocycles. The van der Waals surface area contributed by atoms with E-state index < -0.39 is 0 Å². The van der Waals surface area contributed by atoms with Crippen molar-refractivity contribution in [3.8, 4) is 0 Å². The van der Waals surface area contributed by atoms with E-state index in [1.807, 2.05) is 18.2 Å². The van der Waals surface area contributed by atoms with Gasteiger partial charge in [-0.15, -0.1) is 0 Å². The molecular weight excluding hydrogens is 331 g/mol. The lowest BCUT2D eigenvalue weighted by molar-refractivity contribution is -0.119. The molecule has 2 aromatic carbocycles. The fourth-order valence-electron chi connectivity index (χ4n) is 4.08. The molecular formula is C21H19FN2O2. The highest BCUT2D eigenvalue weighted by molar-refractivity contribution is 5.93. The van der Waals surface area contributed by atoms with Gasteiger partial charge in [-0.1, -0.05) is 12.1 Å². The zero-order chi connectivity index (χ0) is 18.3. The van der Waals surface area contributed by atoms with Crippen LogP contribution in [0.2, 0.25) is 0 Å². The van der Waals surface area contributed by atoms with Crippen LogP contribution >= 0.6 is 0 Å². The molecule has 0 spiro atoms. The number of nitrogens with zero attached hydrogens (tertiary/aromatic N) is 1. The number of aryl methyl sites for hydroxylation is 1. The third kappa shape index (κ3) is 2.69. The van der Waals surface area contributed by atoms with Crippen LogP contribution < -0.4 is 5.73 Å². The minimum absolute atomic E-state index is 0.289. The Labute approximate surface area is 150 Å². The van der Waals surface area contributed by atoms with E-state index in [4.69, 9.17) is 5.73 Å². The van der Waals surface area contributed by atoms with Crippen LogP contribution in [0.25, 0.3) is 10.9 Å². The Kier molecular flexibility index (Phi) is 4.07. The van der Waals surface area contributed by atoms with Crippen molar-refractivity contribution in [2.45, 2.75) is 31.7 Å². The van der Waals surface area contributed by atoms with Crippen molar-refractivity contribution in [3.63, 3.8) is 0 Å². The number of nitrogens with two attached hydrogens (primary N) is 1. The highest BCUT2D eigenvalue weighted by Gasteiger charge is 2.31. The normalized spacial score (nSPS) is 16.4. The quantitative estimate of drug-likeness (QED) is 0.732. The maximum Gasteiger partial charge on any atom is 0.226 e. The lowest BCUT2D eigenvalue weighted by Gasteiger charge is -2.23. The molecule has 4 rings (SSSR count). The maximum absolute atomic E-state index is 13.6. The number of fused-ring (bicyclic) bond motifs is 3. The number of hydrogen-bond acceptors (Lipinski definition) is 2. The minimum Gasteiger partial charge on any atom is -0.369 e. The van der Waals surface area contributed by atoms with Crippen LogP contribution in [0.1, 0.15) is 45.9 Å². The van der Waals surface area contributed by atoms with Crippen LogP contribution in [0.4, 0.5) is 4.39 Å². The second-order valence-electron chi connectivity index (χ2n) is 6.82. The molecule has 0 aliphatic heterocycles. The second kappa shape index (κ2) is 6.41. The average Bonchev–Trinajstić information content (AvgIpc) is 2.95. The molecule has 0 bridgehead atoms. The zero-order valence-electron chi connectivity index (χ0n) is 14.2. The van der Waals surface area contributed by atoms with Gasteiger partial charge in [0.15, 0.2) is 0 Å². The van der Waals surface area contributed by atoms with Gasteiger partial charge in [0.1, 0.15) is 12.1 Å². The van der Waals surface area contributed by atoms with E-state index in [2.05, 4.69) is 4.57 Å². The second-order valence-corrected chi connectivity index (χ2v) is 6.82. The highest BCUT2D eigenvalue weighted by atomic mass is 19.1. The Morgan fingerprint density at radius 1 is 1.27 bits per heavy atom. The van der Waals surface area contributed by atoms with E-state index in [0.717, 1.165) is 46.9 Å². The van der Waals surface area contributed by atoms with Gasteiger partial charge < -0.3 is 10.3 Å². The monoisotopic (exact) mass is 350 g/mol. The number of benzene rings is 2. The zero-order valence-corrected chi connectivity index (χ0v) is 14.2. The minimum atomic E-state index is -0.362. The molecule has 0 fully saturated rings. The Bertz CT molecular complexity index is 1020. The SMILES string of the molecule is NC(=O)C1CCCc2c1n(Cc1cccc(F)c1)c1ccc(C=O)cc21. The van der Waals surface area contributed by atoms with E-state index in [-0.39, 0.29) is 17.6 Å². The molecule has 0 saturated carbocycles. The van der Waals surface area contributed by atoms with Crippen molar-refractivity contribution < 1.29 is 14.0 Å². The number of aldehydes is 1. The van der Waals surface area contributed by atoms with Crippen LogP contribution in [0.3, 0.4) is 0 Å². The maximum atomic E-state index is 13.6. The van der Waals surface area contributed by atoms with Gasteiger partial charge in [0.05, 0.1) is 5.92 Å². The highest BCUT2D eigenvalue weighted by Crippen LogP contribution is 2.39. The van der Waals surface area contributed by atoms with Crippen molar-refractivity contribution in [3.05, 3.63) is 70.7 Å². The number of amides is 1. The molecule has 2 N–H and O–H groups in total. The molecule has 1 amide bonds. The summed E-state index contributed by atoms with van der Waals surface area (Å²) in [6.45, 7) is 0.452. The molecule has 1 atom stereocenters. The van der Waals surface area contributed by atoms with Crippen LogP contribution in [0, 0.1) is 5.82 Å². The van der Waals surface area contributed by atoms with Gasteiger partial charge in [0.25, 0.3) is 0 Å². The van der Waals surface area contributed by atoms with Gasteiger partial charge in [-0.05, 0) is 60.7 Å². The predicted molar refractivity (Wildman–Crippen MR) is 97.7 cm³/mol. The Morgan fingerprint density at radius 2 is 2.12 bits per heavy atom. The first-order chi connectivity index (χ1) is 12.6. The van der Waals surface area contributed by atoms with Gasteiger partial charge in [-0.2, -0.15) is 0 Å². The number of rotatable bonds is 4. The number of hydrogen-bond donors (Lipinski definition) is 1. The number of aromatic nitrogens is 1. The summed E-state index contributed by atoms with van der Waals surface area (Å²) in [4.78, 5) is 23.3. The van der Waals surface area contributed by atoms with E-state index in [9.17, 15) is 14.0 Å². The Morgan fingerprint density at radius 3 is 2.85 bits per heavy atom. The van der Waals surface area contributed by atoms with Crippen molar-refractivity contribution in [1.82, 2.24) is 4.57 Å². The summed E-state index contributed by atoms with van der Waals surface area (Å²) in [5.74, 6) is -0.994. The number of carbonyl (C=O) groups is 2. The fourth-order valence-corrected chi connectivity index (χ4v) is 4.08. The lowest BCUT2D eigenvalue weighted by Crippen LogP contribution is -2.27. The Balaban J connectivity index is 1.96. The molecule has 5 heteroatoms. The molecule has 1 heterocycles. The molecule has 26 heavy (non-hydrogen) atoms. The van der Waals surface area contributed by atoms with Crippen molar-refractivity contribution in [1.29, 1.82) is 0 Å². The summed E-state index contributed by atoms with van der Waals surface area (Å²) in [6, 6.07) is 12.0. The molecule has 0 radical (unpaired) electrons. The molecule has 4 nitrogen and oxygen atoms in total. The summed E-state index contributed by atoms with van der Waals surface area (Å²) in [7, 11) is 0. The van der Waals surface area contributed by atoms with Gasteiger partial charge in [-0.25, -0.2) is 4.39 Å². The van der Waals surface area contributed by atoms with E-state index in [0.29, 0.717) is 18.5 Å². The first-order valence-electron chi connectivity index (χ1n) is 8.72. The van der Waals surface area contributed by atoms with Crippen LogP contribution in [-0.2, 0) is 17.8 Å². The summed E-state index contributed by atoms with van der Waals surface area (Å²) in [5.41, 5.74) is 10.0. The Hall–Kier alpha value is -2.95. The van der Waals surface area contributed by atoms with Gasteiger partial charge in [0.2, 0.25) is 5.91 Å². The van der Waals surface area contributed by atoms with Gasteiger partial charge >= 0.3 is 0 Å². The first kappa shape index (κ1) is 16.5. The average molecular weight is 350 g/mol. The van der Waals surface area contributed by atoms with Crippen molar-refractivity contribution in [2.24, 2.45) is 5.73 Å². The third-order valence-electron chi connectivity index (χ3n) is 5.20. The molecule has 3 aromatic rings. The van der Waals surface area contributed by atoms with Crippen LogP contribution in [0.5, 0.6) is 0 Å². The fraction of sp³-hybridized carbons (Fsp3) is 0.238. The lowest BCUT2D eigenvalue weighted by atomic mass is 9.86. The van der Waals surface area contributed by atoms with Crippen molar-refractivity contribution in [2.75, 3.05) is 0 Å². The largest absolute Gasteiger partial charge is 0.369 e. The van der Waals surface area contributed by atoms with Crippen LogP contribution in [-0.4, -0.2) is 16.8 Å². The topological polar surface area (TPSA) is 65.1 Å². The first-order valence-corrected chi connectivity index (χ1v) is 8.72. The summed E-state index contributed by atoms with van der Waals surface area (Å²) in [5, 5.41) is 0.979. The molecule has 1 aliphatic rings. The van der Waals surface area contributed by atoms with E-state index in [1.54, 1.807) is 12.1 Å². The molecule has 1 aromatic heterocycles. The standard InChI is InChI=1S/C21H19FN2O2/c22-15-4-1-3-13(9-15)11-24-19-8-7-14(12-25)10-18(19)16-5-2-6-17(20(16)24)21(23)26/h1,3-4,7-10,12,17H,2,5-6,11H2,(H2,23,26). The summed E-state index contributed by atoms with van der Waals surface area (Å²) < 4.78 is 15.7. The molecule has 1 aliphatic carbocycles. The van der Waals surface area contributed by atoms with Crippen molar-refractivity contribution >= 4 is 23.1 Å². The summed E-state index contributed by atoms with van der Waals surface area (Å²) >= 11 is 0. The number of halogens is 1. The van der Waals surface area contributed by atoms with Gasteiger partial charge in [-0.3, -0.25) is 9.59 Å². The van der Waals surface area contributed by atoms with E-state index >= 15 is 0 Å². The van der Waals surface area contributed by atoms with Gasteiger partial charge in [0, 0.05) is 28.7 Å². The summed E-state index contributed by atoms with van der Waals surface area (Å²) in [6.07, 6.45) is 3.26. The number of carbonyl (C=O) groups excluding carboxylic acids is 2. The number of primary amides is 1. The van der Waals surface area contributed by atoms with E-state index in [1.165, 1.54) is 12.1 Å². The third-order valence-corrected chi connectivity index (χ3v) is 5.20. The van der Waals surface area contributed by atoms with Crippen LogP contribution in [0.15, 0.2) is 42.5 Å². The molecule has 132 valence electrons. The smallest absolute Gasteiger partial charge is 0.226 e. The predicted octanol–water partition coefficient (Wildman–Crippen LogP) is 3.55.